The molecule has 3 saturated heterocycles. The minimum absolute atomic E-state index is 0.0348. The van der Waals surface area contributed by atoms with Gasteiger partial charge < -0.3 is 15.0 Å². The lowest BCUT2D eigenvalue weighted by atomic mass is 9.68. The molecule has 5 nitrogen and oxygen atoms in total. The van der Waals surface area contributed by atoms with Crippen LogP contribution in [-0.4, -0.2) is 42.0 Å². The Morgan fingerprint density at radius 1 is 1.00 bits per heavy atom. The summed E-state index contributed by atoms with van der Waals surface area (Å²) < 4.78 is 5.80. The molecule has 3 aliphatic heterocycles. The summed E-state index contributed by atoms with van der Waals surface area (Å²) in [4.78, 5) is 27.5. The van der Waals surface area contributed by atoms with E-state index in [1.807, 2.05) is 30.3 Å². The van der Waals surface area contributed by atoms with Gasteiger partial charge in [0, 0.05) is 12.6 Å². The average Bonchev–Trinajstić information content (AvgIpc) is 2.85. The molecule has 0 spiro atoms. The lowest BCUT2D eigenvalue weighted by molar-refractivity contribution is -0.157. The molecule has 2 aliphatic carbocycles. The Labute approximate surface area is 154 Å². The van der Waals surface area contributed by atoms with Gasteiger partial charge in [-0.15, -0.1) is 0 Å². The first-order chi connectivity index (χ1) is 12.7. The van der Waals surface area contributed by atoms with Gasteiger partial charge in [0.05, 0.1) is 6.04 Å². The van der Waals surface area contributed by atoms with Crippen molar-refractivity contribution in [1.82, 2.24) is 10.2 Å². The van der Waals surface area contributed by atoms with Crippen molar-refractivity contribution < 1.29 is 14.3 Å². The highest BCUT2D eigenvalue weighted by Gasteiger charge is 2.47. The van der Waals surface area contributed by atoms with E-state index < -0.39 is 12.1 Å². The van der Waals surface area contributed by atoms with Gasteiger partial charge in [-0.25, -0.2) is 0 Å². The molecule has 1 aromatic rings. The molecule has 0 radical (unpaired) electrons. The van der Waals surface area contributed by atoms with Gasteiger partial charge in [-0.05, 0) is 55.4 Å². The molecule has 2 saturated carbocycles. The highest BCUT2D eigenvalue weighted by Crippen LogP contribution is 2.47. The second-order valence-corrected chi connectivity index (χ2v) is 8.61. The van der Waals surface area contributed by atoms with Crippen LogP contribution >= 0.6 is 0 Å². The highest BCUT2D eigenvalue weighted by molar-refractivity contribution is 5.86. The lowest BCUT2D eigenvalue weighted by Crippen LogP contribution is -2.55. The van der Waals surface area contributed by atoms with E-state index in [-0.39, 0.29) is 18.4 Å². The van der Waals surface area contributed by atoms with Gasteiger partial charge in [-0.1, -0.05) is 30.3 Å². The first-order valence-corrected chi connectivity index (χ1v) is 9.93. The molecule has 2 amide bonds. The Morgan fingerprint density at radius 2 is 1.69 bits per heavy atom. The van der Waals surface area contributed by atoms with Crippen molar-refractivity contribution in [3.05, 3.63) is 35.9 Å². The second-order valence-electron chi connectivity index (χ2n) is 8.61. The van der Waals surface area contributed by atoms with Crippen molar-refractivity contribution >= 4 is 11.8 Å². The summed E-state index contributed by atoms with van der Waals surface area (Å²) in [6, 6.07) is 9.68. The third-order valence-electron chi connectivity index (χ3n) is 6.80. The van der Waals surface area contributed by atoms with Crippen LogP contribution in [0.3, 0.4) is 0 Å². The number of nitrogens with zero attached hydrogens (tertiary/aromatic N) is 1. The first-order valence-electron chi connectivity index (χ1n) is 9.93. The number of hydrogen-bond acceptors (Lipinski definition) is 3. The van der Waals surface area contributed by atoms with Crippen LogP contribution in [-0.2, 0) is 14.3 Å². The van der Waals surface area contributed by atoms with Crippen LogP contribution in [0, 0.1) is 17.8 Å². The van der Waals surface area contributed by atoms with Gasteiger partial charge in [0.1, 0.15) is 6.61 Å². The fourth-order valence-electron chi connectivity index (χ4n) is 5.90. The Balaban J connectivity index is 1.42. The maximum absolute atomic E-state index is 13.5. The standard InChI is InChI=1S/C21H26N2O3/c24-18-12-26-20(19(22-18)16-4-2-1-3-5-16)21(25)23-11-15-7-13-6-14(8-15)10-17(23)9-13/h1-5,13-15,17,19-20H,6-12H2,(H,22,24)/t13?,14?,15?,17?,19-,20+/m1/s1. The van der Waals surface area contributed by atoms with Gasteiger partial charge in [-0.2, -0.15) is 0 Å². The second kappa shape index (κ2) is 6.38. The zero-order valence-electron chi connectivity index (χ0n) is 15.0. The zero-order valence-corrected chi connectivity index (χ0v) is 15.0. The molecule has 4 atom stereocenters. The van der Waals surface area contributed by atoms with Gasteiger partial charge in [-0.3, -0.25) is 9.59 Å². The molecule has 5 aliphatic rings. The lowest BCUT2D eigenvalue weighted by Gasteiger charge is -2.40. The Bertz CT molecular complexity index is 692. The molecule has 5 heteroatoms. The van der Waals surface area contributed by atoms with Crippen LogP contribution in [0.15, 0.2) is 30.3 Å². The molecule has 0 aromatic heterocycles. The van der Waals surface area contributed by atoms with E-state index in [1.165, 1.54) is 19.3 Å². The first kappa shape index (κ1) is 16.3. The summed E-state index contributed by atoms with van der Waals surface area (Å²) in [7, 11) is 0. The van der Waals surface area contributed by atoms with Gasteiger partial charge in [0.25, 0.3) is 5.91 Å². The number of benzene rings is 1. The van der Waals surface area contributed by atoms with Crippen LogP contribution in [0.2, 0.25) is 0 Å². The smallest absolute Gasteiger partial charge is 0.254 e. The van der Waals surface area contributed by atoms with E-state index in [2.05, 4.69) is 10.2 Å². The Kier molecular flexibility index (Phi) is 4.00. The number of fused-ring (bicyclic) bond motifs is 1. The topological polar surface area (TPSA) is 58.6 Å². The van der Waals surface area contributed by atoms with E-state index in [0.29, 0.717) is 12.0 Å². The van der Waals surface area contributed by atoms with Gasteiger partial charge >= 0.3 is 0 Å². The number of carbonyl (C=O) groups excluding carboxylic acids is 2. The molecule has 6 rings (SSSR count). The third-order valence-corrected chi connectivity index (χ3v) is 6.80. The molecule has 3 heterocycles. The van der Waals surface area contributed by atoms with Crippen LogP contribution in [0.1, 0.15) is 43.7 Å². The normalized spacial score (nSPS) is 38.8. The fourth-order valence-corrected chi connectivity index (χ4v) is 5.90. The number of carbonyl (C=O) groups is 2. The number of hydrogen-bond donors (Lipinski definition) is 1. The summed E-state index contributed by atoms with van der Waals surface area (Å²) in [5, 5.41) is 2.98. The number of nitrogens with one attached hydrogen (secondary N) is 1. The molecule has 5 fully saturated rings. The molecular formula is C21H26N2O3. The van der Waals surface area contributed by atoms with E-state index in [0.717, 1.165) is 36.8 Å². The maximum atomic E-state index is 13.5. The summed E-state index contributed by atoms with van der Waals surface area (Å²) in [5.74, 6) is 2.15. The Hall–Kier alpha value is -1.88. The van der Waals surface area contributed by atoms with Crippen molar-refractivity contribution in [3.63, 3.8) is 0 Å². The van der Waals surface area contributed by atoms with Crippen LogP contribution < -0.4 is 5.32 Å². The predicted octanol–water partition coefficient (Wildman–Crippen LogP) is 2.28. The monoisotopic (exact) mass is 354 g/mol. The summed E-state index contributed by atoms with van der Waals surface area (Å²) in [6.07, 6.45) is 5.59. The Morgan fingerprint density at radius 3 is 2.42 bits per heavy atom. The van der Waals surface area contributed by atoms with E-state index in [4.69, 9.17) is 4.74 Å². The predicted molar refractivity (Wildman–Crippen MR) is 96.1 cm³/mol. The summed E-state index contributed by atoms with van der Waals surface area (Å²) in [5.41, 5.74) is 0.930. The van der Waals surface area contributed by atoms with Crippen molar-refractivity contribution in [2.75, 3.05) is 13.2 Å². The number of amides is 2. The minimum Gasteiger partial charge on any atom is -0.356 e. The fraction of sp³-hybridized carbons (Fsp3) is 0.619. The highest BCUT2D eigenvalue weighted by atomic mass is 16.5. The van der Waals surface area contributed by atoms with Crippen molar-refractivity contribution in [1.29, 1.82) is 0 Å². The molecule has 2 unspecified atom stereocenters. The SMILES string of the molecule is O=C1CO[C@H](C(=O)N2CC3CC4CC(C3)CC2C4)[C@@H](c2ccccc2)N1. The maximum Gasteiger partial charge on any atom is 0.254 e. The molecule has 1 aromatic carbocycles. The number of rotatable bonds is 2. The number of morpholine rings is 1. The number of ether oxygens (including phenoxy) is 1. The third kappa shape index (κ3) is 2.82. The van der Waals surface area contributed by atoms with Crippen LogP contribution in [0.25, 0.3) is 0 Å². The van der Waals surface area contributed by atoms with Gasteiger partial charge in [0.15, 0.2) is 6.10 Å². The molecule has 4 bridgehead atoms. The van der Waals surface area contributed by atoms with Crippen molar-refractivity contribution in [3.8, 4) is 0 Å². The van der Waals surface area contributed by atoms with Crippen molar-refractivity contribution in [2.45, 2.75) is 50.3 Å². The molecule has 138 valence electrons. The van der Waals surface area contributed by atoms with E-state index in [1.54, 1.807) is 0 Å². The zero-order chi connectivity index (χ0) is 17.7. The van der Waals surface area contributed by atoms with Gasteiger partial charge in [0.2, 0.25) is 5.91 Å². The van der Waals surface area contributed by atoms with E-state index in [9.17, 15) is 9.59 Å². The quantitative estimate of drug-likeness (QED) is 0.886. The van der Waals surface area contributed by atoms with Crippen LogP contribution in [0.4, 0.5) is 0 Å². The molecule has 1 N–H and O–H groups in total. The van der Waals surface area contributed by atoms with E-state index >= 15 is 0 Å². The summed E-state index contributed by atoms with van der Waals surface area (Å²) in [6.45, 7) is 0.832. The van der Waals surface area contributed by atoms with Crippen LogP contribution in [0.5, 0.6) is 0 Å². The summed E-state index contributed by atoms with van der Waals surface area (Å²) >= 11 is 0. The minimum atomic E-state index is -0.620. The largest absolute Gasteiger partial charge is 0.356 e. The molecular weight excluding hydrogens is 328 g/mol. The molecule has 26 heavy (non-hydrogen) atoms. The van der Waals surface area contributed by atoms with Crippen molar-refractivity contribution in [2.24, 2.45) is 17.8 Å². The average molecular weight is 354 g/mol.